The van der Waals surface area contributed by atoms with Crippen molar-refractivity contribution in [2.24, 2.45) is 0 Å². The van der Waals surface area contributed by atoms with Crippen LogP contribution in [0.25, 0.3) is 0 Å². The molecule has 1 N–H and O–H groups in total. The summed E-state index contributed by atoms with van der Waals surface area (Å²) in [5.74, 6) is -1.44. The SMILES string of the molecule is Cc1ccc(C(=O)O)c(OCc2ccc(F)c(C#N)c2)c1. The number of nitrogens with zero attached hydrogens (tertiary/aromatic N) is 1. The first-order valence-corrected chi connectivity index (χ1v) is 6.16. The van der Waals surface area contributed by atoms with Crippen molar-refractivity contribution in [3.63, 3.8) is 0 Å². The van der Waals surface area contributed by atoms with Crippen molar-refractivity contribution in [1.29, 1.82) is 5.26 Å². The van der Waals surface area contributed by atoms with Crippen LogP contribution >= 0.6 is 0 Å². The van der Waals surface area contributed by atoms with E-state index in [1.807, 2.05) is 6.92 Å². The second-order valence-electron chi connectivity index (χ2n) is 4.52. The molecule has 2 aromatic carbocycles. The molecule has 2 rings (SSSR count). The number of carboxylic acid groups (broad SMARTS) is 1. The van der Waals surface area contributed by atoms with Crippen molar-refractivity contribution in [3.05, 3.63) is 64.5 Å². The van der Waals surface area contributed by atoms with E-state index in [2.05, 4.69) is 0 Å². The second-order valence-corrected chi connectivity index (χ2v) is 4.52. The Morgan fingerprint density at radius 1 is 1.33 bits per heavy atom. The van der Waals surface area contributed by atoms with Crippen LogP contribution in [0, 0.1) is 24.1 Å². The van der Waals surface area contributed by atoms with Crippen LogP contribution in [0.2, 0.25) is 0 Å². The highest BCUT2D eigenvalue weighted by Crippen LogP contribution is 2.22. The zero-order valence-electron chi connectivity index (χ0n) is 11.3. The predicted molar refractivity (Wildman–Crippen MR) is 73.6 cm³/mol. The third-order valence-corrected chi connectivity index (χ3v) is 2.91. The standard InChI is InChI=1S/C16H12FNO3/c1-10-2-4-13(16(19)20)15(6-10)21-9-11-3-5-14(17)12(7-11)8-18/h2-7H,9H2,1H3,(H,19,20). The highest BCUT2D eigenvalue weighted by atomic mass is 19.1. The summed E-state index contributed by atoms with van der Waals surface area (Å²) in [5, 5.41) is 17.9. The number of carbonyl (C=O) groups is 1. The largest absolute Gasteiger partial charge is 0.488 e. The molecule has 2 aromatic rings. The van der Waals surface area contributed by atoms with Gasteiger partial charge in [0.25, 0.3) is 0 Å². The average molecular weight is 285 g/mol. The first kappa shape index (κ1) is 14.5. The highest BCUT2D eigenvalue weighted by Gasteiger charge is 2.12. The fourth-order valence-electron chi connectivity index (χ4n) is 1.83. The molecule has 0 bridgehead atoms. The van der Waals surface area contributed by atoms with Gasteiger partial charge in [0.15, 0.2) is 0 Å². The van der Waals surface area contributed by atoms with Crippen molar-refractivity contribution in [2.45, 2.75) is 13.5 Å². The molecular weight excluding hydrogens is 273 g/mol. The van der Waals surface area contributed by atoms with Crippen molar-refractivity contribution >= 4 is 5.97 Å². The van der Waals surface area contributed by atoms with Crippen LogP contribution in [0.3, 0.4) is 0 Å². The lowest BCUT2D eigenvalue weighted by Crippen LogP contribution is -2.04. The van der Waals surface area contributed by atoms with Gasteiger partial charge in [0, 0.05) is 0 Å². The number of benzene rings is 2. The Hall–Kier alpha value is -2.87. The summed E-state index contributed by atoms with van der Waals surface area (Å²) >= 11 is 0. The minimum absolute atomic E-state index is 0.0543. The van der Waals surface area contributed by atoms with Gasteiger partial charge in [-0.2, -0.15) is 5.26 Å². The third kappa shape index (κ3) is 3.37. The topological polar surface area (TPSA) is 70.3 Å². The first-order chi connectivity index (χ1) is 10.0. The number of nitriles is 1. The fraction of sp³-hybridized carbons (Fsp3) is 0.125. The Balaban J connectivity index is 2.22. The van der Waals surface area contributed by atoms with E-state index in [0.29, 0.717) is 5.56 Å². The fourth-order valence-corrected chi connectivity index (χ4v) is 1.83. The maximum Gasteiger partial charge on any atom is 0.339 e. The van der Waals surface area contributed by atoms with Gasteiger partial charge >= 0.3 is 5.97 Å². The van der Waals surface area contributed by atoms with E-state index in [4.69, 9.17) is 15.1 Å². The summed E-state index contributed by atoms with van der Waals surface area (Å²) in [5.41, 5.74) is 1.44. The van der Waals surface area contributed by atoms with Gasteiger partial charge in [0.05, 0.1) is 5.56 Å². The number of halogens is 1. The summed E-state index contributed by atoms with van der Waals surface area (Å²) in [6.45, 7) is 1.88. The molecule has 0 fully saturated rings. The Morgan fingerprint density at radius 3 is 2.76 bits per heavy atom. The van der Waals surface area contributed by atoms with E-state index in [9.17, 15) is 9.18 Å². The van der Waals surface area contributed by atoms with Crippen LogP contribution in [0.5, 0.6) is 5.75 Å². The molecule has 0 aliphatic rings. The van der Waals surface area contributed by atoms with Gasteiger partial charge in [-0.25, -0.2) is 9.18 Å². The van der Waals surface area contributed by atoms with Gasteiger partial charge < -0.3 is 9.84 Å². The summed E-state index contributed by atoms with van der Waals surface area (Å²) in [6.07, 6.45) is 0. The van der Waals surface area contributed by atoms with Crippen molar-refractivity contribution in [1.82, 2.24) is 0 Å². The molecule has 0 aliphatic heterocycles. The Labute approximate surface area is 121 Å². The number of rotatable bonds is 4. The normalized spacial score (nSPS) is 9.95. The zero-order chi connectivity index (χ0) is 15.4. The van der Waals surface area contributed by atoms with Gasteiger partial charge in [0.1, 0.15) is 29.8 Å². The molecule has 0 aromatic heterocycles. The van der Waals surface area contributed by atoms with Gasteiger partial charge in [-0.1, -0.05) is 12.1 Å². The molecule has 0 radical (unpaired) electrons. The van der Waals surface area contributed by atoms with E-state index >= 15 is 0 Å². The maximum absolute atomic E-state index is 13.2. The molecule has 0 spiro atoms. The van der Waals surface area contributed by atoms with E-state index in [1.54, 1.807) is 18.2 Å². The molecule has 106 valence electrons. The quantitative estimate of drug-likeness (QED) is 0.935. The number of aryl methyl sites for hydroxylation is 1. The van der Waals surface area contributed by atoms with Crippen molar-refractivity contribution < 1.29 is 19.0 Å². The van der Waals surface area contributed by atoms with E-state index < -0.39 is 11.8 Å². The Kier molecular flexibility index (Phi) is 4.19. The summed E-state index contributed by atoms with van der Waals surface area (Å²) in [7, 11) is 0. The molecule has 0 amide bonds. The van der Waals surface area contributed by atoms with Crippen LogP contribution in [0.4, 0.5) is 4.39 Å². The monoisotopic (exact) mass is 285 g/mol. The molecular formula is C16H12FNO3. The van der Waals surface area contributed by atoms with Gasteiger partial charge in [-0.3, -0.25) is 0 Å². The molecule has 0 aliphatic carbocycles. The van der Waals surface area contributed by atoms with Crippen molar-refractivity contribution in [2.75, 3.05) is 0 Å². The Bertz CT molecular complexity index is 735. The first-order valence-electron chi connectivity index (χ1n) is 6.16. The average Bonchev–Trinajstić information content (AvgIpc) is 2.46. The smallest absolute Gasteiger partial charge is 0.339 e. The van der Waals surface area contributed by atoms with Crippen LogP contribution in [0.15, 0.2) is 36.4 Å². The number of carboxylic acids is 1. The number of hydrogen-bond acceptors (Lipinski definition) is 3. The third-order valence-electron chi connectivity index (χ3n) is 2.91. The van der Waals surface area contributed by atoms with Gasteiger partial charge in [-0.15, -0.1) is 0 Å². The second kappa shape index (κ2) is 6.06. The predicted octanol–water partition coefficient (Wildman–Crippen LogP) is 3.28. The van der Waals surface area contributed by atoms with Gasteiger partial charge in [0.2, 0.25) is 0 Å². The van der Waals surface area contributed by atoms with Crippen LogP contribution in [-0.4, -0.2) is 11.1 Å². The highest BCUT2D eigenvalue weighted by molar-refractivity contribution is 5.90. The lowest BCUT2D eigenvalue weighted by molar-refractivity contribution is 0.0691. The zero-order valence-corrected chi connectivity index (χ0v) is 11.3. The van der Waals surface area contributed by atoms with E-state index in [0.717, 1.165) is 5.56 Å². The number of aromatic carboxylic acids is 1. The summed E-state index contributed by atoms with van der Waals surface area (Å²) in [6, 6.07) is 10.6. The van der Waals surface area contributed by atoms with Crippen LogP contribution in [0.1, 0.15) is 27.0 Å². The molecule has 0 atom stereocenters. The van der Waals surface area contributed by atoms with Crippen LogP contribution < -0.4 is 4.74 Å². The summed E-state index contributed by atoms with van der Waals surface area (Å²) < 4.78 is 18.7. The van der Waals surface area contributed by atoms with Crippen LogP contribution in [-0.2, 0) is 6.61 Å². The minimum atomic E-state index is -1.08. The van der Waals surface area contributed by atoms with Gasteiger partial charge in [-0.05, 0) is 42.3 Å². The molecule has 0 unspecified atom stereocenters. The number of hydrogen-bond donors (Lipinski definition) is 1. The summed E-state index contributed by atoms with van der Waals surface area (Å²) in [4.78, 5) is 11.1. The lowest BCUT2D eigenvalue weighted by Gasteiger charge is -2.10. The molecule has 0 heterocycles. The Morgan fingerprint density at radius 2 is 2.10 bits per heavy atom. The molecule has 5 heteroatoms. The minimum Gasteiger partial charge on any atom is -0.488 e. The maximum atomic E-state index is 13.2. The molecule has 4 nitrogen and oxygen atoms in total. The van der Waals surface area contributed by atoms with E-state index in [1.165, 1.54) is 24.3 Å². The molecule has 0 saturated heterocycles. The lowest BCUT2D eigenvalue weighted by atomic mass is 10.1. The van der Waals surface area contributed by atoms with E-state index in [-0.39, 0.29) is 23.5 Å². The van der Waals surface area contributed by atoms with Crippen molar-refractivity contribution in [3.8, 4) is 11.8 Å². The number of ether oxygens (including phenoxy) is 1. The molecule has 21 heavy (non-hydrogen) atoms. The molecule has 0 saturated carbocycles.